The number of rotatable bonds is 7. The molecular weight excluding hydrogens is 282 g/mol. The van der Waals surface area contributed by atoms with Crippen molar-refractivity contribution in [2.75, 3.05) is 20.2 Å². The number of primary sulfonamides is 1. The van der Waals surface area contributed by atoms with Crippen molar-refractivity contribution in [2.45, 2.75) is 17.4 Å². The summed E-state index contributed by atoms with van der Waals surface area (Å²) in [5.41, 5.74) is 6.26. The summed E-state index contributed by atoms with van der Waals surface area (Å²) in [5, 5.41) is 7.69. The van der Waals surface area contributed by atoms with Crippen LogP contribution in [-0.4, -0.2) is 40.6 Å². The number of sulfonamides is 1. The van der Waals surface area contributed by atoms with Crippen molar-refractivity contribution in [2.24, 2.45) is 10.9 Å². The van der Waals surface area contributed by atoms with Crippen LogP contribution in [0.2, 0.25) is 0 Å². The average molecular weight is 301 g/mol. The van der Waals surface area contributed by atoms with Gasteiger partial charge in [-0.05, 0) is 24.1 Å². The van der Waals surface area contributed by atoms with Crippen LogP contribution < -0.4 is 16.2 Å². The predicted octanol–water partition coefficient (Wildman–Crippen LogP) is -1.03. The summed E-state index contributed by atoms with van der Waals surface area (Å²) >= 11 is 0. The Hall–Kier alpha value is -1.48. The first-order valence-corrected chi connectivity index (χ1v) is 7.55. The average Bonchev–Trinajstić information content (AvgIpc) is 2.39. The van der Waals surface area contributed by atoms with E-state index in [1.807, 2.05) is 0 Å². The summed E-state index contributed by atoms with van der Waals surface area (Å²) in [6.07, 6.45) is -0.0859. The number of hydrogen-bond donors (Lipinski definition) is 3. The molecule has 7 nitrogen and oxygen atoms in total. The molecule has 0 saturated heterocycles. The van der Waals surface area contributed by atoms with Crippen LogP contribution in [0.3, 0.4) is 0 Å². The molecule has 1 aromatic rings. The van der Waals surface area contributed by atoms with Crippen LogP contribution in [0.5, 0.6) is 0 Å². The molecule has 0 aliphatic rings. The van der Waals surface area contributed by atoms with Gasteiger partial charge < -0.3 is 15.8 Å². The summed E-state index contributed by atoms with van der Waals surface area (Å²) in [4.78, 5) is 11.6. The number of hydrogen-bond acceptors (Lipinski definition) is 5. The van der Waals surface area contributed by atoms with Crippen LogP contribution in [0, 0.1) is 0 Å². The summed E-state index contributed by atoms with van der Waals surface area (Å²) in [5.74, 6) is -0.267. The third kappa shape index (κ3) is 4.89. The molecule has 0 heterocycles. The van der Waals surface area contributed by atoms with Gasteiger partial charge in [0.2, 0.25) is 15.9 Å². The molecule has 20 heavy (non-hydrogen) atoms. The van der Waals surface area contributed by atoms with Gasteiger partial charge in [-0.15, -0.1) is 0 Å². The molecule has 0 spiro atoms. The molecular formula is C12H19N3O4S. The van der Waals surface area contributed by atoms with Crippen molar-refractivity contribution in [1.29, 1.82) is 0 Å². The predicted molar refractivity (Wildman–Crippen MR) is 74.4 cm³/mol. The Kier molecular flexibility index (Phi) is 6.08. The molecule has 0 aliphatic heterocycles. The van der Waals surface area contributed by atoms with Crippen LogP contribution in [0.25, 0.3) is 0 Å². The lowest BCUT2D eigenvalue weighted by Crippen LogP contribution is -2.41. The Morgan fingerprint density at radius 1 is 1.35 bits per heavy atom. The molecule has 0 aromatic heterocycles. The maximum absolute atomic E-state index is 11.6. The number of nitrogens with one attached hydrogen (secondary N) is 1. The van der Waals surface area contributed by atoms with Gasteiger partial charge in [-0.25, -0.2) is 13.6 Å². The minimum Gasteiger partial charge on any atom is -0.370 e. The van der Waals surface area contributed by atoms with E-state index >= 15 is 0 Å². The van der Waals surface area contributed by atoms with Crippen molar-refractivity contribution in [3.05, 3.63) is 29.8 Å². The highest BCUT2D eigenvalue weighted by Gasteiger charge is 2.14. The Bertz CT molecular complexity index is 538. The van der Waals surface area contributed by atoms with Gasteiger partial charge in [0.15, 0.2) is 0 Å². The van der Waals surface area contributed by atoms with E-state index in [9.17, 15) is 13.2 Å². The van der Waals surface area contributed by atoms with Gasteiger partial charge in [0, 0.05) is 20.2 Å². The van der Waals surface area contributed by atoms with E-state index in [0.717, 1.165) is 5.56 Å². The molecule has 0 saturated carbocycles. The Balaban J connectivity index is 2.49. The van der Waals surface area contributed by atoms with Gasteiger partial charge in [-0.1, -0.05) is 12.1 Å². The highest BCUT2D eigenvalue weighted by Crippen LogP contribution is 2.08. The molecule has 0 radical (unpaired) electrons. The number of methoxy groups -OCH3 is 1. The molecule has 1 unspecified atom stereocenters. The van der Waals surface area contributed by atoms with Crippen LogP contribution in [0.15, 0.2) is 29.2 Å². The van der Waals surface area contributed by atoms with Gasteiger partial charge in [-0.2, -0.15) is 0 Å². The molecule has 8 heteroatoms. The first kappa shape index (κ1) is 16.6. The lowest BCUT2D eigenvalue weighted by atomic mass is 10.1. The van der Waals surface area contributed by atoms with Crippen molar-refractivity contribution in [1.82, 2.24) is 5.32 Å². The number of carbonyl (C=O) groups is 1. The molecule has 5 N–H and O–H groups in total. The Morgan fingerprint density at radius 2 is 1.95 bits per heavy atom. The van der Waals surface area contributed by atoms with Gasteiger partial charge in [0.1, 0.15) is 6.10 Å². The van der Waals surface area contributed by atoms with Gasteiger partial charge in [0.25, 0.3) is 0 Å². The molecule has 1 atom stereocenters. The SMILES string of the molecule is COC(CN)C(=O)NCCc1ccc(S(N)(=O)=O)cc1. The second-order valence-electron chi connectivity index (χ2n) is 4.19. The molecule has 1 amide bonds. The normalized spacial score (nSPS) is 12.9. The molecule has 0 fully saturated rings. The van der Waals surface area contributed by atoms with Crippen molar-refractivity contribution < 1.29 is 17.9 Å². The van der Waals surface area contributed by atoms with Crippen LogP contribution in [0.4, 0.5) is 0 Å². The molecule has 1 aromatic carbocycles. The Morgan fingerprint density at radius 3 is 2.40 bits per heavy atom. The number of nitrogens with two attached hydrogens (primary N) is 2. The number of ether oxygens (including phenoxy) is 1. The van der Waals surface area contributed by atoms with E-state index in [1.165, 1.54) is 19.2 Å². The molecule has 112 valence electrons. The zero-order valence-corrected chi connectivity index (χ0v) is 12.0. The van der Waals surface area contributed by atoms with E-state index in [-0.39, 0.29) is 17.3 Å². The maximum atomic E-state index is 11.6. The van der Waals surface area contributed by atoms with E-state index < -0.39 is 16.1 Å². The lowest BCUT2D eigenvalue weighted by Gasteiger charge is -2.12. The summed E-state index contributed by atoms with van der Waals surface area (Å²) in [6.45, 7) is 0.527. The smallest absolute Gasteiger partial charge is 0.250 e. The van der Waals surface area contributed by atoms with Crippen LogP contribution >= 0.6 is 0 Å². The third-order valence-electron chi connectivity index (χ3n) is 2.76. The molecule has 1 rings (SSSR count). The topological polar surface area (TPSA) is 125 Å². The first-order valence-electron chi connectivity index (χ1n) is 6.00. The van der Waals surface area contributed by atoms with Crippen molar-refractivity contribution >= 4 is 15.9 Å². The lowest BCUT2D eigenvalue weighted by molar-refractivity contribution is -0.130. The highest BCUT2D eigenvalue weighted by atomic mass is 32.2. The minimum atomic E-state index is -3.67. The Labute approximate surface area is 118 Å². The van der Waals surface area contributed by atoms with E-state index in [0.29, 0.717) is 13.0 Å². The fourth-order valence-electron chi connectivity index (χ4n) is 1.60. The number of carbonyl (C=O) groups excluding carboxylic acids is 1. The maximum Gasteiger partial charge on any atom is 0.250 e. The fourth-order valence-corrected chi connectivity index (χ4v) is 2.12. The highest BCUT2D eigenvalue weighted by molar-refractivity contribution is 7.89. The minimum absolute atomic E-state index is 0.0628. The fraction of sp³-hybridized carbons (Fsp3) is 0.417. The number of benzene rings is 1. The van der Waals surface area contributed by atoms with E-state index in [1.54, 1.807) is 12.1 Å². The largest absolute Gasteiger partial charge is 0.370 e. The monoisotopic (exact) mass is 301 g/mol. The summed E-state index contributed by atoms with van der Waals surface area (Å²) in [7, 11) is -2.25. The zero-order chi connectivity index (χ0) is 15.2. The first-order chi connectivity index (χ1) is 9.38. The van der Waals surface area contributed by atoms with E-state index in [2.05, 4.69) is 5.32 Å². The third-order valence-corrected chi connectivity index (χ3v) is 3.69. The van der Waals surface area contributed by atoms with Crippen LogP contribution in [-0.2, 0) is 26.0 Å². The van der Waals surface area contributed by atoms with Gasteiger partial charge in [0.05, 0.1) is 4.90 Å². The zero-order valence-electron chi connectivity index (χ0n) is 11.2. The van der Waals surface area contributed by atoms with Crippen molar-refractivity contribution in [3.63, 3.8) is 0 Å². The van der Waals surface area contributed by atoms with Gasteiger partial charge >= 0.3 is 0 Å². The second kappa shape index (κ2) is 7.34. The van der Waals surface area contributed by atoms with Crippen LogP contribution in [0.1, 0.15) is 5.56 Å². The van der Waals surface area contributed by atoms with E-state index in [4.69, 9.17) is 15.6 Å². The number of amides is 1. The standard InChI is InChI=1S/C12H19N3O4S/c1-19-11(8-13)12(16)15-7-6-9-2-4-10(5-3-9)20(14,17)18/h2-5,11H,6-8,13H2,1H3,(H,15,16)(H2,14,17,18). The van der Waals surface area contributed by atoms with Crippen molar-refractivity contribution in [3.8, 4) is 0 Å². The van der Waals surface area contributed by atoms with Gasteiger partial charge in [-0.3, -0.25) is 4.79 Å². The summed E-state index contributed by atoms with van der Waals surface area (Å²) < 4.78 is 27.1. The molecule has 0 aliphatic carbocycles. The summed E-state index contributed by atoms with van der Waals surface area (Å²) in [6, 6.07) is 6.18. The quantitative estimate of drug-likeness (QED) is 0.593. The molecule has 0 bridgehead atoms. The second-order valence-corrected chi connectivity index (χ2v) is 5.75.